The lowest BCUT2D eigenvalue weighted by Gasteiger charge is -2.22. The maximum Gasteiger partial charge on any atom is 0.258 e. The third kappa shape index (κ3) is 3.59. The van der Waals surface area contributed by atoms with Gasteiger partial charge in [0.25, 0.3) is 5.56 Å². The minimum Gasteiger partial charge on any atom is -0.341 e. The van der Waals surface area contributed by atoms with Crippen molar-refractivity contribution in [1.29, 1.82) is 0 Å². The van der Waals surface area contributed by atoms with Crippen LogP contribution in [0.4, 0.5) is 0 Å². The second kappa shape index (κ2) is 6.62. The fourth-order valence-electron chi connectivity index (χ4n) is 2.70. The highest BCUT2D eigenvalue weighted by atomic mass is 32.2. The largest absolute Gasteiger partial charge is 0.341 e. The highest BCUT2D eigenvalue weighted by molar-refractivity contribution is 7.99. The van der Waals surface area contributed by atoms with Gasteiger partial charge in [0.2, 0.25) is 5.91 Å². The molecule has 0 aliphatic carbocycles. The zero-order chi connectivity index (χ0) is 16.4. The molecule has 23 heavy (non-hydrogen) atoms. The molecular weight excluding hydrogens is 332 g/mol. The molecule has 1 aliphatic rings. The van der Waals surface area contributed by atoms with Crippen LogP contribution in [0.1, 0.15) is 19.0 Å². The predicted molar refractivity (Wildman–Crippen MR) is 93.9 cm³/mol. The summed E-state index contributed by atoms with van der Waals surface area (Å²) in [6.07, 6.45) is 2.69. The standard InChI is InChI=1S/C15H20N4O2S2/c1-15(9-16)2-3-18(10-15)13(21)8-22-7-11-6-12(20)19-4-5-23-14(19)17-11/h4-6H,2-3,7-10,16H2,1H3. The first-order valence-electron chi connectivity index (χ1n) is 7.52. The summed E-state index contributed by atoms with van der Waals surface area (Å²) >= 11 is 2.93. The number of fused-ring (bicyclic) bond motifs is 1. The van der Waals surface area contributed by atoms with E-state index in [0.29, 0.717) is 23.0 Å². The van der Waals surface area contributed by atoms with Gasteiger partial charge in [-0.15, -0.1) is 23.1 Å². The fourth-order valence-corrected chi connectivity index (χ4v) is 4.25. The first-order chi connectivity index (χ1) is 11.0. The number of nitrogens with zero attached hydrogens (tertiary/aromatic N) is 3. The average molecular weight is 352 g/mol. The Morgan fingerprint density at radius 2 is 2.39 bits per heavy atom. The lowest BCUT2D eigenvalue weighted by molar-refractivity contribution is -0.127. The third-order valence-electron chi connectivity index (χ3n) is 4.24. The molecule has 1 atom stereocenters. The summed E-state index contributed by atoms with van der Waals surface area (Å²) in [4.78, 5) is 31.2. The van der Waals surface area contributed by atoms with Gasteiger partial charge in [-0.1, -0.05) is 6.92 Å². The molecule has 0 spiro atoms. The van der Waals surface area contributed by atoms with E-state index >= 15 is 0 Å². The van der Waals surface area contributed by atoms with Gasteiger partial charge < -0.3 is 10.6 Å². The molecule has 2 aromatic rings. The Balaban J connectivity index is 1.54. The molecule has 2 aromatic heterocycles. The number of hydrogen-bond donors (Lipinski definition) is 1. The number of thiazole rings is 1. The monoisotopic (exact) mass is 352 g/mol. The molecule has 2 N–H and O–H groups in total. The lowest BCUT2D eigenvalue weighted by Crippen LogP contribution is -2.35. The van der Waals surface area contributed by atoms with Crippen LogP contribution in [0, 0.1) is 5.41 Å². The maximum atomic E-state index is 12.3. The molecule has 0 aromatic carbocycles. The SMILES string of the molecule is CC1(CN)CCN(C(=O)CSCc2cc(=O)n3ccsc3n2)C1. The van der Waals surface area contributed by atoms with Gasteiger partial charge in [0.15, 0.2) is 4.96 Å². The van der Waals surface area contributed by atoms with Gasteiger partial charge in [0, 0.05) is 36.5 Å². The van der Waals surface area contributed by atoms with E-state index in [2.05, 4.69) is 11.9 Å². The molecule has 3 heterocycles. The zero-order valence-electron chi connectivity index (χ0n) is 13.0. The van der Waals surface area contributed by atoms with Crippen LogP contribution in [-0.2, 0) is 10.5 Å². The molecule has 1 fully saturated rings. The van der Waals surface area contributed by atoms with Crippen LogP contribution in [0.3, 0.4) is 0 Å². The van der Waals surface area contributed by atoms with Crippen LogP contribution in [0.15, 0.2) is 22.4 Å². The van der Waals surface area contributed by atoms with Crippen molar-refractivity contribution in [2.24, 2.45) is 11.1 Å². The number of amides is 1. The summed E-state index contributed by atoms with van der Waals surface area (Å²) in [5.41, 5.74) is 6.48. The number of carbonyl (C=O) groups excluding carboxylic acids is 1. The van der Waals surface area contributed by atoms with Gasteiger partial charge in [0.05, 0.1) is 11.4 Å². The second-order valence-electron chi connectivity index (χ2n) is 6.21. The van der Waals surface area contributed by atoms with Crippen molar-refractivity contribution in [2.45, 2.75) is 19.1 Å². The molecule has 0 bridgehead atoms. The molecule has 3 rings (SSSR count). The number of hydrogen-bond acceptors (Lipinski definition) is 6. The topological polar surface area (TPSA) is 80.7 Å². The first-order valence-corrected chi connectivity index (χ1v) is 9.56. The highest BCUT2D eigenvalue weighted by Crippen LogP contribution is 2.29. The minimum absolute atomic E-state index is 0.0563. The second-order valence-corrected chi connectivity index (χ2v) is 8.07. The summed E-state index contributed by atoms with van der Waals surface area (Å²) in [7, 11) is 0. The molecule has 0 radical (unpaired) electrons. The van der Waals surface area contributed by atoms with Crippen molar-refractivity contribution in [2.75, 3.05) is 25.4 Å². The number of carbonyl (C=O) groups is 1. The molecule has 1 amide bonds. The third-order valence-corrected chi connectivity index (χ3v) is 5.94. The Morgan fingerprint density at radius 3 is 3.13 bits per heavy atom. The maximum absolute atomic E-state index is 12.3. The van der Waals surface area contributed by atoms with E-state index < -0.39 is 0 Å². The van der Waals surface area contributed by atoms with E-state index in [1.165, 1.54) is 27.5 Å². The van der Waals surface area contributed by atoms with Crippen LogP contribution in [0.25, 0.3) is 4.96 Å². The van der Waals surface area contributed by atoms with Crippen molar-refractivity contribution in [3.8, 4) is 0 Å². The molecule has 8 heteroatoms. The smallest absolute Gasteiger partial charge is 0.258 e. The van der Waals surface area contributed by atoms with E-state index in [4.69, 9.17) is 5.73 Å². The van der Waals surface area contributed by atoms with Crippen molar-refractivity contribution < 1.29 is 4.79 Å². The van der Waals surface area contributed by atoms with Gasteiger partial charge in [-0.25, -0.2) is 4.98 Å². The van der Waals surface area contributed by atoms with Crippen LogP contribution < -0.4 is 11.3 Å². The van der Waals surface area contributed by atoms with Crippen LogP contribution in [0.5, 0.6) is 0 Å². The van der Waals surface area contributed by atoms with Gasteiger partial charge in [-0.05, 0) is 18.4 Å². The number of likely N-dealkylation sites (tertiary alicyclic amines) is 1. The van der Waals surface area contributed by atoms with Crippen LogP contribution in [0.2, 0.25) is 0 Å². The fraction of sp³-hybridized carbons (Fsp3) is 0.533. The van der Waals surface area contributed by atoms with E-state index in [9.17, 15) is 9.59 Å². The van der Waals surface area contributed by atoms with Crippen molar-refractivity contribution >= 4 is 34.0 Å². The molecule has 124 valence electrons. The summed E-state index contributed by atoms with van der Waals surface area (Å²) in [6.45, 7) is 4.26. The van der Waals surface area contributed by atoms with Crippen molar-refractivity contribution in [3.05, 3.63) is 33.7 Å². The predicted octanol–water partition coefficient (Wildman–Crippen LogP) is 1.19. The molecular formula is C15H20N4O2S2. The van der Waals surface area contributed by atoms with Gasteiger partial charge in [0.1, 0.15) is 0 Å². The van der Waals surface area contributed by atoms with Gasteiger partial charge in [-0.2, -0.15) is 0 Å². The van der Waals surface area contributed by atoms with Crippen molar-refractivity contribution in [1.82, 2.24) is 14.3 Å². The summed E-state index contributed by atoms with van der Waals surface area (Å²) < 4.78 is 1.53. The van der Waals surface area contributed by atoms with E-state index in [1.54, 1.807) is 12.3 Å². The molecule has 0 saturated carbocycles. The Bertz CT molecular complexity index is 772. The Labute approximate surface area is 142 Å². The van der Waals surface area contributed by atoms with Crippen LogP contribution >= 0.6 is 23.1 Å². The number of rotatable bonds is 5. The van der Waals surface area contributed by atoms with Gasteiger partial charge in [-0.3, -0.25) is 14.0 Å². The Hall–Kier alpha value is -1.38. The number of aromatic nitrogens is 2. The molecule has 6 nitrogen and oxygen atoms in total. The summed E-state index contributed by atoms with van der Waals surface area (Å²) in [6, 6.07) is 1.54. The molecule has 1 unspecified atom stereocenters. The lowest BCUT2D eigenvalue weighted by atomic mass is 9.90. The zero-order valence-corrected chi connectivity index (χ0v) is 14.7. The normalized spacial score (nSPS) is 21.2. The molecule has 1 aliphatic heterocycles. The Morgan fingerprint density at radius 1 is 1.57 bits per heavy atom. The number of nitrogens with two attached hydrogens (primary N) is 1. The Kier molecular flexibility index (Phi) is 4.74. The van der Waals surface area contributed by atoms with E-state index in [0.717, 1.165) is 25.2 Å². The van der Waals surface area contributed by atoms with Crippen LogP contribution in [-0.4, -0.2) is 45.6 Å². The first kappa shape index (κ1) is 16.5. The summed E-state index contributed by atoms with van der Waals surface area (Å²) in [5, 5.41) is 1.84. The molecule has 1 saturated heterocycles. The van der Waals surface area contributed by atoms with Gasteiger partial charge >= 0.3 is 0 Å². The minimum atomic E-state index is -0.0727. The highest BCUT2D eigenvalue weighted by Gasteiger charge is 2.34. The van der Waals surface area contributed by atoms with E-state index in [-0.39, 0.29) is 16.9 Å². The van der Waals surface area contributed by atoms with Crippen molar-refractivity contribution in [3.63, 3.8) is 0 Å². The average Bonchev–Trinajstić information content (AvgIpc) is 3.15. The quantitative estimate of drug-likeness (QED) is 0.874. The number of thioether (sulfide) groups is 1. The van der Waals surface area contributed by atoms with E-state index in [1.807, 2.05) is 10.3 Å². The summed E-state index contributed by atoms with van der Waals surface area (Å²) in [5.74, 6) is 1.12.